The summed E-state index contributed by atoms with van der Waals surface area (Å²) in [5, 5.41) is 3.68. The van der Waals surface area contributed by atoms with Crippen LogP contribution < -0.4 is 5.32 Å². The van der Waals surface area contributed by atoms with Crippen LogP contribution >= 0.6 is 0 Å². The molecule has 0 spiro atoms. The van der Waals surface area contributed by atoms with E-state index in [9.17, 15) is 0 Å². The molecule has 3 aliphatic rings. The SMILES string of the molecule is CC(C)CC1CN(C2CCOC2C2CC2)CCN1. The molecular formula is C15H28N2O. The summed E-state index contributed by atoms with van der Waals surface area (Å²) in [6.07, 6.45) is 5.93. The van der Waals surface area contributed by atoms with Crippen LogP contribution in [0.15, 0.2) is 0 Å². The molecule has 0 aromatic heterocycles. The van der Waals surface area contributed by atoms with E-state index in [0.717, 1.165) is 25.0 Å². The van der Waals surface area contributed by atoms with E-state index in [4.69, 9.17) is 4.74 Å². The number of ether oxygens (including phenoxy) is 1. The zero-order valence-electron chi connectivity index (χ0n) is 11.9. The Hall–Kier alpha value is -0.120. The molecule has 0 radical (unpaired) electrons. The third kappa shape index (κ3) is 2.89. The second-order valence-electron chi connectivity index (χ2n) is 6.80. The van der Waals surface area contributed by atoms with Crippen LogP contribution in [0.4, 0.5) is 0 Å². The van der Waals surface area contributed by atoms with Gasteiger partial charge in [0.05, 0.1) is 6.10 Å². The van der Waals surface area contributed by atoms with Gasteiger partial charge in [-0.1, -0.05) is 13.8 Å². The first-order chi connectivity index (χ1) is 8.74. The smallest absolute Gasteiger partial charge is 0.0759 e. The highest BCUT2D eigenvalue weighted by molar-refractivity contribution is 4.96. The van der Waals surface area contributed by atoms with E-state index < -0.39 is 0 Å². The summed E-state index contributed by atoms with van der Waals surface area (Å²) < 4.78 is 6.00. The van der Waals surface area contributed by atoms with Crippen molar-refractivity contribution in [2.45, 2.75) is 57.7 Å². The summed E-state index contributed by atoms with van der Waals surface area (Å²) in [7, 11) is 0. The average molecular weight is 252 g/mol. The molecule has 3 unspecified atom stereocenters. The van der Waals surface area contributed by atoms with E-state index >= 15 is 0 Å². The van der Waals surface area contributed by atoms with Gasteiger partial charge in [-0.25, -0.2) is 0 Å². The maximum absolute atomic E-state index is 6.00. The highest BCUT2D eigenvalue weighted by Crippen LogP contribution is 2.40. The van der Waals surface area contributed by atoms with E-state index in [0.29, 0.717) is 18.2 Å². The minimum Gasteiger partial charge on any atom is -0.376 e. The lowest BCUT2D eigenvalue weighted by Gasteiger charge is -2.39. The van der Waals surface area contributed by atoms with Crippen molar-refractivity contribution in [2.24, 2.45) is 11.8 Å². The Morgan fingerprint density at radius 1 is 1.28 bits per heavy atom. The van der Waals surface area contributed by atoms with Crippen LogP contribution in [-0.2, 0) is 4.74 Å². The van der Waals surface area contributed by atoms with Crippen molar-refractivity contribution in [2.75, 3.05) is 26.2 Å². The minimum absolute atomic E-state index is 0.558. The van der Waals surface area contributed by atoms with Crippen LogP contribution in [0.5, 0.6) is 0 Å². The van der Waals surface area contributed by atoms with Gasteiger partial charge in [0, 0.05) is 38.3 Å². The number of hydrogen-bond acceptors (Lipinski definition) is 3. The molecule has 3 fully saturated rings. The number of piperazine rings is 1. The first kappa shape index (κ1) is 12.9. The molecule has 3 nitrogen and oxygen atoms in total. The second-order valence-corrected chi connectivity index (χ2v) is 6.80. The van der Waals surface area contributed by atoms with Crippen LogP contribution in [0.1, 0.15) is 39.5 Å². The van der Waals surface area contributed by atoms with E-state index in [2.05, 4.69) is 24.1 Å². The van der Waals surface area contributed by atoms with Gasteiger partial charge < -0.3 is 10.1 Å². The van der Waals surface area contributed by atoms with E-state index in [1.807, 2.05) is 0 Å². The summed E-state index contributed by atoms with van der Waals surface area (Å²) in [6, 6.07) is 1.41. The van der Waals surface area contributed by atoms with Crippen molar-refractivity contribution in [1.82, 2.24) is 10.2 Å². The Labute approximate surface area is 111 Å². The highest BCUT2D eigenvalue weighted by atomic mass is 16.5. The molecule has 3 rings (SSSR count). The zero-order valence-corrected chi connectivity index (χ0v) is 11.9. The van der Waals surface area contributed by atoms with Crippen LogP contribution in [0, 0.1) is 11.8 Å². The van der Waals surface area contributed by atoms with Crippen LogP contribution in [0.2, 0.25) is 0 Å². The number of nitrogens with zero attached hydrogens (tertiary/aromatic N) is 1. The summed E-state index contributed by atoms with van der Waals surface area (Å²) in [6.45, 7) is 9.25. The van der Waals surface area contributed by atoms with Gasteiger partial charge in [-0.15, -0.1) is 0 Å². The van der Waals surface area contributed by atoms with Gasteiger partial charge in [-0.2, -0.15) is 0 Å². The lowest BCUT2D eigenvalue weighted by Crippen LogP contribution is -2.56. The molecule has 18 heavy (non-hydrogen) atoms. The van der Waals surface area contributed by atoms with Gasteiger partial charge in [0.25, 0.3) is 0 Å². The van der Waals surface area contributed by atoms with Crippen molar-refractivity contribution < 1.29 is 4.74 Å². The fraction of sp³-hybridized carbons (Fsp3) is 1.00. The van der Waals surface area contributed by atoms with Gasteiger partial charge in [-0.05, 0) is 37.5 Å². The molecule has 0 bridgehead atoms. The molecule has 0 aromatic rings. The molecule has 0 aromatic carbocycles. The quantitative estimate of drug-likeness (QED) is 0.827. The Kier molecular flexibility index (Phi) is 3.92. The summed E-state index contributed by atoms with van der Waals surface area (Å²) >= 11 is 0. The maximum atomic E-state index is 6.00. The van der Waals surface area contributed by atoms with E-state index in [-0.39, 0.29) is 0 Å². The fourth-order valence-corrected chi connectivity index (χ4v) is 3.74. The molecule has 1 saturated carbocycles. The van der Waals surface area contributed by atoms with Gasteiger partial charge >= 0.3 is 0 Å². The topological polar surface area (TPSA) is 24.5 Å². The molecule has 2 aliphatic heterocycles. The summed E-state index contributed by atoms with van der Waals surface area (Å²) in [5.41, 5.74) is 0. The molecule has 2 saturated heterocycles. The van der Waals surface area contributed by atoms with Crippen molar-refractivity contribution >= 4 is 0 Å². The molecular weight excluding hydrogens is 224 g/mol. The first-order valence-corrected chi connectivity index (χ1v) is 7.83. The predicted molar refractivity (Wildman–Crippen MR) is 73.7 cm³/mol. The second kappa shape index (κ2) is 5.48. The van der Waals surface area contributed by atoms with Crippen LogP contribution in [0.25, 0.3) is 0 Å². The number of nitrogens with one attached hydrogen (secondary N) is 1. The Balaban J connectivity index is 1.57. The predicted octanol–water partition coefficient (Wildman–Crippen LogP) is 1.87. The third-order valence-electron chi connectivity index (χ3n) is 4.70. The zero-order chi connectivity index (χ0) is 12.5. The summed E-state index contributed by atoms with van der Waals surface area (Å²) in [5.74, 6) is 1.68. The summed E-state index contributed by atoms with van der Waals surface area (Å²) in [4.78, 5) is 2.72. The van der Waals surface area contributed by atoms with Crippen LogP contribution in [-0.4, -0.2) is 49.3 Å². The number of hydrogen-bond donors (Lipinski definition) is 1. The maximum Gasteiger partial charge on any atom is 0.0759 e. The van der Waals surface area contributed by atoms with E-state index in [1.165, 1.54) is 38.8 Å². The standard InChI is InChI=1S/C15H28N2O/c1-11(2)9-13-10-17(7-6-16-13)14-5-8-18-15(14)12-3-4-12/h11-16H,3-10H2,1-2H3. The van der Waals surface area contributed by atoms with Crippen molar-refractivity contribution in [3.05, 3.63) is 0 Å². The lowest BCUT2D eigenvalue weighted by atomic mass is 9.98. The monoisotopic (exact) mass is 252 g/mol. The molecule has 2 heterocycles. The van der Waals surface area contributed by atoms with Gasteiger partial charge in [-0.3, -0.25) is 4.90 Å². The van der Waals surface area contributed by atoms with Crippen molar-refractivity contribution in [1.29, 1.82) is 0 Å². The van der Waals surface area contributed by atoms with Crippen molar-refractivity contribution in [3.63, 3.8) is 0 Å². The van der Waals surface area contributed by atoms with E-state index in [1.54, 1.807) is 0 Å². The van der Waals surface area contributed by atoms with Gasteiger partial charge in [0.15, 0.2) is 0 Å². The largest absolute Gasteiger partial charge is 0.376 e. The molecule has 104 valence electrons. The first-order valence-electron chi connectivity index (χ1n) is 7.83. The molecule has 1 N–H and O–H groups in total. The molecule has 1 aliphatic carbocycles. The van der Waals surface area contributed by atoms with Crippen LogP contribution in [0.3, 0.4) is 0 Å². The lowest BCUT2D eigenvalue weighted by molar-refractivity contribution is 0.0340. The molecule has 3 heteroatoms. The Bertz CT molecular complexity index is 278. The molecule has 3 atom stereocenters. The van der Waals surface area contributed by atoms with Crippen molar-refractivity contribution in [3.8, 4) is 0 Å². The minimum atomic E-state index is 0.558. The normalized spacial score (nSPS) is 38.5. The highest BCUT2D eigenvalue weighted by Gasteiger charge is 2.43. The fourth-order valence-electron chi connectivity index (χ4n) is 3.74. The third-order valence-corrected chi connectivity index (χ3v) is 4.70. The van der Waals surface area contributed by atoms with Gasteiger partial charge in [0.2, 0.25) is 0 Å². The van der Waals surface area contributed by atoms with Gasteiger partial charge in [0.1, 0.15) is 0 Å². The Morgan fingerprint density at radius 3 is 2.83 bits per heavy atom. The average Bonchev–Trinajstić information content (AvgIpc) is 3.06. The number of rotatable bonds is 4. The Morgan fingerprint density at radius 2 is 2.11 bits per heavy atom. The molecule has 0 amide bonds.